The lowest BCUT2D eigenvalue weighted by Gasteiger charge is -2.30. The van der Waals surface area contributed by atoms with E-state index in [1.165, 1.54) is 0 Å². The Morgan fingerprint density at radius 3 is 2.25 bits per heavy atom. The summed E-state index contributed by atoms with van der Waals surface area (Å²) in [6, 6.07) is 9.89. The number of hydrogen-bond acceptors (Lipinski definition) is 2. The van der Waals surface area contributed by atoms with E-state index in [9.17, 15) is 4.79 Å². The molecule has 1 rings (SSSR count). The third kappa shape index (κ3) is 3.37. The van der Waals surface area contributed by atoms with Crippen LogP contribution in [0.2, 0.25) is 0 Å². The molecule has 2 nitrogen and oxygen atoms in total. The van der Waals surface area contributed by atoms with Crippen LogP contribution in [0.25, 0.3) is 0 Å². The van der Waals surface area contributed by atoms with Crippen LogP contribution in [0.5, 0.6) is 0 Å². The first-order valence-electron chi connectivity index (χ1n) is 5.69. The highest BCUT2D eigenvalue weighted by atomic mass is 16.5. The van der Waals surface area contributed by atoms with E-state index in [1.54, 1.807) is 0 Å². The molecule has 0 aliphatic heterocycles. The van der Waals surface area contributed by atoms with Gasteiger partial charge in [-0.25, -0.2) is 0 Å². The van der Waals surface area contributed by atoms with Crippen molar-refractivity contribution in [2.24, 2.45) is 5.41 Å². The molecule has 0 heterocycles. The minimum atomic E-state index is -0.179. The molecule has 16 heavy (non-hydrogen) atoms. The van der Waals surface area contributed by atoms with E-state index >= 15 is 0 Å². The zero-order chi connectivity index (χ0) is 12.2. The quantitative estimate of drug-likeness (QED) is 0.725. The van der Waals surface area contributed by atoms with Gasteiger partial charge >= 0.3 is 5.97 Å². The zero-order valence-electron chi connectivity index (χ0n) is 10.5. The van der Waals surface area contributed by atoms with E-state index in [1.807, 2.05) is 37.3 Å². The van der Waals surface area contributed by atoms with E-state index in [2.05, 4.69) is 20.8 Å². The number of benzene rings is 1. The predicted octanol–water partition coefficient (Wildman–Crippen LogP) is 3.73. The summed E-state index contributed by atoms with van der Waals surface area (Å²) in [6.45, 7) is 8.04. The van der Waals surface area contributed by atoms with Crippen LogP contribution in [-0.2, 0) is 9.53 Å². The normalized spacial score (nSPS) is 13.2. The van der Waals surface area contributed by atoms with Gasteiger partial charge in [-0.2, -0.15) is 0 Å². The molecule has 0 saturated carbocycles. The highest BCUT2D eigenvalue weighted by molar-refractivity contribution is 5.69. The zero-order valence-corrected chi connectivity index (χ0v) is 10.5. The van der Waals surface area contributed by atoms with Crippen molar-refractivity contribution in [3.63, 3.8) is 0 Å². The summed E-state index contributed by atoms with van der Waals surface area (Å²) in [5.41, 5.74) is 0.962. The molecule has 0 aromatic heterocycles. The molecule has 2 heteroatoms. The molecule has 0 aliphatic carbocycles. The number of rotatable bonds is 3. The SMILES string of the molecule is CCC(=O)OC(c1ccccc1)C(C)(C)C. The average molecular weight is 220 g/mol. The smallest absolute Gasteiger partial charge is 0.306 e. The second-order valence-electron chi connectivity index (χ2n) is 5.00. The topological polar surface area (TPSA) is 26.3 Å². The van der Waals surface area contributed by atoms with Gasteiger partial charge in [0.1, 0.15) is 6.10 Å². The Labute approximate surface area is 97.6 Å². The molecular weight excluding hydrogens is 200 g/mol. The fourth-order valence-electron chi connectivity index (χ4n) is 1.59. The highest BCUT2D eigenvalue weighted by Crippen LogP contribution is 2.36. The molecule has 1 atom stereocenters. The summed E-state index contributed by atoms with van der Waals surface area (Å²) in [7, 11) is 0. The first-order chi connectivity index (χ1) is 7.45. The molecule has 88 valence electrons. The van der Waals surface area contributed by atoms with Crippen LogP contribution in [0.1, 0.15) is 45.8 Å². The molecule has 0 spiro atoms. The number of carbonyl (C=O) groups is 1. The maximum absolute atomic E-state index is 11.4. The Bertz CT molecular complexity index is 336. The molecule has 0 radical (unpaired) electrons. The van der Waals surface area contributed by atoms with E-state index in [4.69, 9.17) is 4.74 Å². The summed E-state index contributed by atoms with van der Waals surface area (Å²) in [6.07, 6.45) is 0.237. The molecule has 0 saturated heterocycles. The Kier molecular flexibility index (Phi) is 4.11. The van der Waals surface area contributed by atoms with Gasteiger partial charge in [-0.15, -0.1) is 0 Å². The Balaban J connectivity index is 2.93. The van der Waals surface area contributed by atoms with Crippen molar-refractivity contribution in [2.75, 3.05) is 0 Å². The Morgan fingerprint density at radius 1 is 1.25 bits per heavy atom. The number of ether oxygens (including phenoxy) is 1. The minimum absolute atomic E-state index is 0.0911. The largest absolute Gasteiger partial charge is 0.457 e. The van der Waals surface area contributed by atoms with Crippen LogP contribution in [0.3, 0.4) is 0 Å². The van der Waals surface area contributed by atoms with Gasteiger partial charge in [0, 0.05) is 11.8 Å². The molecule has 0 fully saturated rings. The number of esters is 1. The van der Waals surface area contributed by atoms with Gasteiger partial charge in [0.15, 0.2) is 0 Å². The van der Waals surface area contributed by atoms with Gasteiger partial charge in [-0.1, -0.05) is 58.0 Å². The summed E-state index contributed by atoms with van der Waals surface area (Å²) in [4.78, 5) is 11.4. The Hall–Kier alpha value is -1.31. The summed E-state index contributed by atoms with van der Waals surface area (Å²) >= 11 is 0. The highest BCUT2D eigenvalue weighted by Gasteiger charge is 2.29. The molecule has 0 bridgehead atoms. The summed E-state index contributed by atoms with van der Waals surface area (Å²) in [5, 5.41) is 0. The van der Waals surface area contributed by atoms with E-state index in [0.29, 0.717) is 6.42 Å². The van der Waals surface area contributed by atoms with Gasteiger partial charge < -0.3 is 4.74 Å². The number of carbonyl (C=O) groups excluding carboxylic acids is 1. The van der Waals surface area contributed by atoms with Gasteiger partial charge in [-0.3, -0.25) is 4.79 Å². The summed E-state index contributed by atoms with van der Waals surface area (Å²) < 4.78 is 5.51. The predicted molar refractivity (Wildman–Crippen MR) is 65.0 cm³/mol. The standard InChI is InChI=1S/C14H20O2/c1-5-12(15)16-13(14(2,3)4)11-9-7-6-8-10-11/h6-10,13H,5H2,1-4H3. The van der Waals surface area contributed by atoms with Crippen LogP contribution in [0.15, 0.2) is 30.3 Å². The van der Waals surface area contributed by atoms with E-state index in [-0.39, 0.29) is 17.5 Å². The van der Waals surface area contributed by atoms with Crippen LogP contribution >= 0.6 is 0 Å². The average Bonchev–Trinajstić information content (AvgIpc) is 2.25. The van der Waals surface area contributed by atoms with Crippen molar-refractivity contribution >= 4 is 5.97 Å². The Morgan fingerprint density at radius 2 is 1.81 bits per heavy atom. The lowest BCUT2D eigenvalue weighted by Crippen LogP contribution is -2.23. The van der Waals surface area contributed by atoms with Crippen molar-refractivity contribution < 1.29 is 9.53 Å². The second kappa shape index (κ2) is 5.15. The molecular formula is C14H20O2. The molecule has 0 amide bonds. The first-order valence-corrected chi connectivity index (χ1v) is 5.69. The third-order valence-corrected chi connectivity index (χ3v) is 2.43. The molecule has 0 aliphatic rings. The van der Waals surface area contributed by atoms with Crippen LogP contribution in [0, 0.1) is 5.41 Å². The monoisotopic (exact) mass is 220 g/mol. The van der Waals surface area contributed by atoms with Crippen molar-refractivity contribution in [1.82, 2.24) is 0 Å². The minimum Gasteiger partial charge on any atom is -0.457 e. The van der Waals surface area contributed by atoms with Crippen molar-refractivity contribution in [3.05, 3.63) is 35.9 Å². The van der Waals surface area contributed by atoms with Crippen molar-refractivity contribution in [2.45, 2.75) is 40.2 Å². The van der Waals surface area contributed by atoms with Crippen LogP contribution < -0.4 is 0 Å². The lowest BCUT2D eigenvalue weighted by molar-refractivity contribution is -0.155. The fraction of sp³-hybridized carbons (Fsp3) is 0.500. The van der Waals surface area contributed by atoms with Gasteiger partial charge in [0.05, 0.1) is 0 Å². The van der Waals surface area contributed by atoms with Gasteiger partial charge in [0.25, 0.3) is 0 Å². The first kappa shape index (κ1) is 12.8. The third-order valence-electron chi connectivity index (χ3n) is 2.43. The van der Waals surface area contributed by atoms with Gasteiger partial charge in [0.2, 0.25) is 0 Å². The maximum Gasteiger partial charge on any atom is 0.306 e. The van der Waals surface area contributed by atoms with Gasteiger partial charge in [-0.05, 0) is 5.56 Å². The lowest BCUT2D eigenvalue weighted by atomic mass is 9.84. The fourth-order valence-corrected chi connectivity index (χ4v) is 1.59. The molecule has 1 aromatic carbocycles. The van der Waals surface area contributed by atoms with E-state index in [0.717, 1.165) is 5.56 Å². The van der Waals surface area contributed by atoms with Crippen LogP contribution in [-0.4, -0.2) is 5.97 Å². The van der Waals surface area contributed by atoms with Crippen molar-refractivity contribution in [1.29, 1.82) is 0 Å². The van der Waals surface area contributed by atoms with Crippen LogP contribution in [0.4, 0.5) is 0 Å². The maximum atomic E-state index is 11.4. The second-order valence-corrected chi connectivity index (χ2v) is 5.00. The van der Waals surface area contributed by atoms with E-state index < -0.39 is 0 Å². The molecule has 0 N–H and O–H groups in total. The molecule has 1 aromatic rings. The number of hydrogen-bond donors (Lipinski definition) is 0. The molecule has 1 unspecified atom stereocenters. The summed E-state index contributed by atoms with van der Waals surface area (Å²) in [5.74, 6) is -0.149. The van der Waals surface area contributed by atoms with Crippen molar-refractivity contribution in [3.8, 4) is 0 Å².